The van der Waals surface area contributed by atoms with Crippen LogP contribution < -0.4 is 0 Å². The predicted octanol–water partition coefficient (Wildman–Crippen LogP) is 4.68. The van der Waals surface area contributed by atoms with Crippen molar-refractivity contribution in [3.63, 3.8) is 0 Å². The van der Waals surface area contributed by atoms with Crippen molar-refractivity contribution in [1.29, 1.82) is 0 Å². The van der Waals surface area contributed by atoms with E-state index < -0.39 is 0 Å². The maximum atomic E-state index is 9.26. The summed E-state index contributed by atoms with van der Waals surface area (Å²) >= 11 is 0. The summed E-state index contributed by atoms with van der Waals surface area (Å²) in [5, 5.41) is 37.0. The monoisotopic (exact) mass is 558 g/mol. The van der Waals surface area contributed by atoms with Gasteiger partial charge in [0.2, 0.25) is 0 Å². The molecule has 0 rings (SSSR count). The van der Waals surface area contributed by atoms with E-state index in [0.717, 1.165) is 45.6 Å². The Hall–Kier alpha value is -0.540. The molecule has 0 heterocycles. The molecule has 0 radical (unpaired) electrons. The lowest BCUT2D eigenvalue weighted by Crippen LogP contribution is -2.36. The van der Waals surface area contributed by atoms with Crippen LogP contribution in [0.4, 0.5) is 0 Å². The van der Waals surface area contributed by atoms with Gasteiger partial charge in [0.1, 0.15) is 0 Å². The van der Waals surface area contributed by atoms with Crippen LogP contribution in [0.3, 0.4) is 0 Å². The van der Waals surface area contributed by atoms with Gasteiger partial charge in [0, 0.05) is 26.2 Å². The molecule has 0 spiro atoms. The van der Waals surface area contributed by atoms with Gasteiger partial charge in [0.05, 0.1) is 26.4 Å². The molecule has 0 atom stereocenters. The van der Waals surface area contributed by atoms with E-state index in [1.165, 1.54) is 89.9 Å². The molecule has 234 valence electrons. The van der Waals surface area contributed by atoms with Crippen LogP contribution >= 0.6 is 0 Å². The Morgan fingerprint density at radius 1 is 0.359 bits per heavy atom. The van der Waals surface area contributed by atoms with Crippen LogP contribution in [0.15, 0.2) is 12.2 Å². The highest BCUT2D eigenvalue weighted by Crippen LogP contribution is 2.11. The maximum Gasteiger partial charge on any atom is 0.0558 e. The van der Waals surface area contributed by atoms with E-state index in [-0.39, 0.29) is 26.4 Å². The van der Waals surface area contributed by atoms with Gasteiger partial charge >= 0.3 is 0 Å². The quantitative estimate of drug-likeness (QED) is 0.0705. The highest BCUT2D eigenvalue weighted by atomic mass is 16.3. The third kappa shape index (κ3) is 27.4. The number of allylic oxidation sites excluding steroid dienone is 2. The predicted molar refractivity (Wildman–Crippen MR) is 166 cm³/mol. The lowest BCUT2D eigenvalue weighted by Gasteiger charge is -2.27. The van der Waals surface area contributed by atoms with E-state index in [1.54, 1.807) is 0 Å². The van der Waals surface area contributed by atoms with Crippen LogP contribution in [-0.4, -0.2) is 120 Å². The molecule has 39 heavy (non-hydrogen) atoms. The van der Waals surface area contributed by atoms with Crippen molar-refractivity contribution in [1.82, 2.24) is 14.7 Å². The molecule has 0 bridgehead atoms. The van der Waals surface area contributed by atoms with Gasteiger partial charge in [-0.2, -0.15) is 0 Å². The smallest absolute Gasteiger partial charge is 0.0558 e. The molecule has 7 heteroatoms. The number of nitrogens with zero attached hydrogens (tertiary/aromatic N) is 3. The van der Waals surface area contributed by atoms with E-state index in [9.17, 15) is 20.4 Å². The molecule has 0 unspecified atom stereocenters. The van der Waals surface area contributed by atoms with Gasteiger partial charge in [0.15, 0.2) is 0 Å². The molecule has 0 aromatic carbocycles. The molecule has 4 N–H and O–H groups in total. The summed E-state index contributed by atoms with van der Waals surface area (Å²) in [6.45, 7) is 10.2. The van der Waals surface area contributed by atoms with Crippen molar-refractivity contribution >= 4 is 0 Å². The average Bonchev–Trinajstić information content (AvgIpc) is 2.93. The Morgan fingerprint density at radius 3 is 1.05 bits per heavy atom. The first-order valence-electron chi connectivity index (χ1n) is 16.5. The van der Waals surface area contributed by atoms with Crippen LogP contribution in [-0.2, 0) is 0 Å². The van der Waals surface area contributed by atoms with Crippen LogP contribution in [0.5, 0.6) is 0 Å². The van der Waals surface area contributed by atoms with Gasteiger partial charge in [-0.1, -0.05) is 76.9 Å². The fourth-order valence-electron chi connectivity index (χ4n) is 5.19. The molecule has 0 aliphatic rings. The Labute approximate surface area is 242 Å². The van der Waals surface area contributed by atoms with Gasteiger partial charge in [0.25, 0.3) is 0 Å². The largest absolute Gasteiger partial charge is 0.395 e. The molecule has 0 amide bonds. The zero-order valence-electron chi connectivity index (χ0n) is 25.8. The molecule has 0 saturated heterocycles. The number of aliphatic hydroxyl groups excluding tert-OH is 4. The van der Waals surface area contributed by atoms with Gasteiger partial charge < -0.3 is 25.3 Å². The first kappa shape index (κ1) is 38.5. The molecule has 0 aliphatic heterocycles. The summed E-state index contributed by atoms with van der Waals surface area (Å²) in [6.07, 6.45) is 25.4. The molecule has 0 aliphatic carbocycles. The lowest BCUT2D eigenvalue weighted by atomic mass is 10.1. The van der Waals surface area contributed by atoms with Crippen molar-refractivity contribution in [2.24, 2.45) is 0 Å². The van der Waals surface area contributed by atoms with E-state index in [1.807, 2.05) is 0 Å². The van der Waals surface area contributed by atoms with Crippen LogP contribution in [0.25, 0.3) is 0 Å². The Kier molecular flexibility index (Phi) is 31.5. The van der Waals surface area contributed by atoms with Gasteiger partial charge in [-0.05, 0) is 77.7 Å². The molecule has 0 aromatic heterocycles. The third-order valence-electron chi connectivity index (χ3n) is 7.55. The SMILES string of the molecule is CCCCCCCCC=CCCCCCCCCN(CCCN(CCO)CCO)CCCN(CCO)CCO. The molecular formula is C32H67N3O4. The number of hydrogen-bond acceptors (Lipinski definition) is 7. The Balaban J connectivity index is 4.10. The summed E-state index contributed by atoms with van der Waals surface area (Å²) in [4.78, 5) is 6.82. The second-order valence-electron chi connectivity index (χ2n) is 11.1. The van der Waals surface area contributed by atoms with Gasteiger partial charge in [-0.25, -0.2) is 0 Å². The van der Waals surface area contributed by atoms with Crippen molar-refractivity contribution in [2.75, 3.05) is 85.3 Å². The van der Waals surface area contributed by atoms with Crippen molar-refractivity contribution in [3.8, 4) is 0 Å². The summed E-state index contributed by atoms with van der Waals surface area (Å²) < 4.78 is 0. The Bertz CT molecular complexity index is 462. The minimum atomic E-state index is 0.130. The van der Waals surface area contributed by atoms with E-state index in [4.69, 9.17) is 0 Å². The van der Waals surface area contributed by atoms with E-state index >= 15 is 0 Å². The highest BCUT2D eigenvalue weighted by molar-refractivity contribution is 4.81. The Morgan fingerprint density at radius 2 is 0.667 bits per heavy atom. The summed E-state index contributed by atoms with van der Waals surface area (Å²) in [5.41, 5.74) is 0. The lowest BCUT2D eigenvalue weighted by molar-refractivity contribution is 0.145. The fourth-order valence-corrected chi connectivity index (χ4v) is 5.19. The standard InChI is InChI=1S/C32H67N3O4/c1-2-3-4-5-6-7-8-9-10-11-12-13-14-15-16-17-20-33(21-18-23-34(25-29-36)26-30-37)22-19-24-35(27-31-38)28-32-39/h9-10,36-39H,2-8,11-32H2,1H3. The topological polar surface area (TPSA) is 90.6 Å². The second kappa shape index (κ2) is 32.0. The molecular weight excluding hydrogens is 490 g/mol. The molecule has 0 saturated carbocycles. The third-order valence-corrected chi connectivity index (χ3v) is 7.55. The van der Waals surface area contributed by atoms with E-state index in [0.29, 0.717) is 26.2 Å². The van der Waals surface area contributed by atoms with Crippen LogP contribution in [0.1, 0.15) is 110 Å². The second-order valence-corrected chi connectivity index (χ2v) is 11.1. The van der Waals surface area contributed by atoms with Crippen molar-refractivity contribution < 1.29 is 20.4 Å². The first-order chi connectivity index (χ1) is 19.2. The molecule has 0 aromatic rings. The summed E-state index contributed by atoms with van der Waals surface area (Å²) in [5.74, 6) is 0. The summed E-state index contributed by atoms with van der Waals surface area (Å²) in [6, 6.07) is 0. The van der Waals surface area contributed by atoms with Gasteiger partial charge in [-0.15, -0.1) is 0 Å². The summed E-state index contributed by atoms with van der Waals surface area (Å²) in [7, 11) is 0. The van der Waals surface area contributed by atoms with Crippen LogP contribution in [0, 0.1) is 0 Å². The number of hydrogen-bond donors (Lipinski definition) is 4. The average molecular weight is 558 g/mol. The number of rotatable bonds is 32. The van der Waals surface area contributed by atoms with E-state index in [2.05, 4.69) is 33.8 Å². The van der Waals surface area contributed by atoms with Gasteiger partial charge in [-0.3, -0.25) is 9.80 Å². The first-order valence-corrected chi connectivity index (χ1v) is 16.5. The zero-order chi connectivity index (χ0) is 28.7. The normalized spacial score (nSPS) is 12.2. The molecule has 7 nitrogen and oxygen atoms in total. The van der Waals surface area contributed by atoms with Crippen LogP contribution in [0.2, 0.25) is 0 Å². The fraction of sp³-hybridized carbons (Fsp3) is 0.938. The number of aliphatic hydroxyl groups is 4. The maximum absolute atomic E-state index is 9.26. The molecule has 0 fully saturated rings. The minimum Gasteiger partial charge on any atom is -0.395 e. The highest BCUT2D eigenvalue weighted by Gasteiger charge is 2.10. The van der Waals surface area contributed by atoms with Crippen molar-refractivity contribution in [2.45, 2.75) is 110 Å². The zero-order valence-corrected chi connectivity index (χ0v) is 25.8. The minimum absolute atomic E-state index is 0.130. The number of unbranched alkanes of at least 4 members (excludes halogenated alkanes) is 12. The van der Waals surface area contributed by atoms with Crippen molar-refractivity contribution in [3.05, 3.63) is 12.2 Å².